The first-order valence-electron chi connectivity index (χ1n) is 6.08. The van der Waals surface area contributed by atoms with Crippen LogP contribution in [0.2, 0.25) is 10.0 Å². The summed E-state index contributed by atoms with van der Waals surface area (Å²) in [4.78, 5) is 13.5. The number of carbonyl (C=O) groups excluding carboxylic acids is 1. The normalized spacial score (nSPS) is 20.9. The van der Waals surface area contributed by atoms with Gasteiger partial charge in [-0.2, -0.15) is 0 Å². The van der Waals surface area contributed by atoms with Gasteiger partial charge in [0.1, 0.15) is 0 Å². The highest BCUT2D eigenvalue weighted by molar-refractivity contribution is 6.34. The summed E-state index contributed by atoms with van der Waals surface area (Å²) in [5.74, 6) is -3.18. The second kappa shape index (κ2) is 5.84. The average Bonchev–Trinajstić information content (AvgIpc) is 2.67. The Labute approximate surface area is 125 Å². The lowest BCUT2D eigenvalue weighted by atomic mass is 10.1. The summed E-state index contributed by atoms with van der Waals surface area (Å²) in [5, 5.41) is 3.49. The molecular formula is C13H14Cl2F2N2O. The zero-order valence-electron chi connectivity index (χ0n) is 10.8. The Hall–Kier alpha value is -0.910. The molecule has 1 N–H and O–H groups in total. The molecule has 110 valence electrons. The van der Waals surface area contributed by atoms with Gasteiger partial charge in [-0.15, -0.1) is 0 Å². The molecule has 0 aromatic heterocycles. The van der Waals surface area contributed by atoms with Crippen LogP contribution in [0.25, 0.3) is 0 Å². The van der Waals surface area contributed by atoms with Crippen molar-refractivity contribution in [2.45, 2.75) is 24.9 Å². The van der Waals surface area contributed by atoms with Crippen LogP contribution in [0.5, 0.6) is 0 Å². The number of nitrogens with zero attached hydrogens (tertiary/aromatic N) is 1. The number of amides is 1. The summed E-state index contributed by atoms with van der Waals surface area (Å²) in [6.45, 7) is -0.191. The largest absolute Gasteiger partial charge is 0.340 e. The summed E-state index contributed by atoms with van der Waals surface area (Å²) in [6.07, 6.45) is -0.466. The van der Waals surface area contributed by atoms with Gasteiger partial charge in [0.2, 0.25) is 5.91 Å². The lowest BCUT2D eigenvalue weighted by Crippen LogP contribution is -2.41. The number of rotatable bonds is 3. The zero-order chi connectivity index (χ0) is 14.9. The number of halogens is 4. The first-order chi connectivity index (χ1) is 9.27. The number of carbonyl (C=O) groups is 1. The molecule has 1 aromatic rings. The van der Waals surface area contributed by atoms with Gasteiger partial charge in [-0.05, 0) is 23.8 Å². The SMILES string of the molecule is CN(Cc1cc(Cl)cc(Cl)c1)C(=O)C1CC(F)(F)CN1. The first-order valence-corrected chi connectivity index (χ1v) is 6.83. The van der Waals surface area contributed by atoms with E-state index < -0.39 is 24.9 Å². The molecule has 1 heterocycles. The highest BCUT2D eigenvalue weighted by Gasteiger charge is 2.43. The molecule has 3 nitrogen and oxygen atoms in total. The molecule has 0 bridgehead atoms. The van der Waals surface area contributed by atoms with Crippen LogP contribution in [0.1, 0.15) is 12.0 Å². The summed E-state index contributed by atoms with van der Waals surface area (Å²) in [5.41, 5.74) is 0.753. The molecular weight excluding hydrogens is 309 g/mol. The molecule has 7 heteroatoms. The van der Waals surface area contributed by atoms with Gasteiger partial charge in [-0.1, -0.05) is 23.2 Å². The molecule has 1 aromatic carbocycles. The van der Waals surface area contributed by atoms with Gasteiger partial charge in [0, 0.05) is 30.1 Å². The standard InChI is InChI=1S/C13H14Cl2F2N2O/c1-19(6-8-2-9(14)4-10(15)3-8)12(20)11-5-13(16,17)7-18-11/h2-4,11,18H,5-7H2,1H3. The van der Waals surface area contributed by atoms with Gasteiger partial charge in [0.05, 0.1) is 12.6 Å². The first kappa shape index (κ1) is 15.5. The van der Waals surface area contributed by atoms with Crippen molar-refractivity contribution in [2.24, 2.45) is 0 Å². The third-order valence-electron chi connectivity index (χ3n) is 3.13. The van der Waals surface area contributed by atoms with Crippen molar-refractivity contribution in [3.05, 3.63) is 33.8 Å². The fourth-order valence-electron chi connectivity index (χ4n) is 2.21. The van der Waals surface area contributed by atoms with Gasteiger partial charge < -0.3 is 4.90 Å². The second-order valence-electron chi connectivity index (χ2n) is 4.97. The van der Waals surface area contributed by atoms with Crippen LogP contribution in [-0.2, 0) is 11.3 Å². The molecule has 1 unspecified atom stereocenters. The monoisotopic (exact) mass is 322 g/mol. The minimum absolute atomic E-state index is 0.267. The molecule has 0 aliphatic carbocycles. The van der Waals surface area contributed by atoms with Crippen LogP contribution in [0, 0.1) is 0 Å². The van der Waals surface area contributed by atoms with Crippen molar-refractivity contribution in [1.82, 2.24) is 10.2 Å². The smallest absolute Gasteiger partial charge is 0.262 e. The maximum absolute atomic E-state index is 13.1. The Morgan fingerprint density at radius 3 is 2.50 bits per heavy atom. The third-order valence-corrected chi connectivity index (χ3v) is 3.56. The Balaban J connectivity index is 2.01. The van der Waals surface area contributed by atoms with Crippen molar-refractivity contribution >= 4 is 29.1 Å². The molecule has 0 radical (unpaired) electrons. The molecule has 2 rings (SSSR count). The average molecular weight is 323 g/mol. The number of nitrogens with one attached hydrogen (secondary N) is 1. The summed E-state index contributed by atoms with van der Waals surface area (Å²) < 4.78 is 26.2. The maximum atomic E-state index is 13.1. The van der Waals surface area contributed by atoms with E-state index in [4.69, 9.17) is 23.2 Å². The zero-order valence-corrected chi connectivity index (χ0v) is 12.3. The fourth-order valence-corrected chi connectivity index (χ4v) is 2.78. The van der Waals surface area contributed by atoms with Gasteiger partial charge in [-0.3, -0.25) is 10.1 Å². The third kappa shape index (κ3) is 3.81. The molecule has 0 spiro atoms. The number of likely N-dealkylation sites (N-methyl/N-ethyl adjacent to an activating group) is 1. The molecule has 1 saturated heterocycles. The fraction of sp³-hybridized carbons (Fsp3) is 0.462. The van der Waals surface area contributed by atoms with E-state index in [2.05, 4.69) is 5.32 Å². The van der Waals surface area contributed by atoms with E-state index in [0.29, 0.717) is 10.0 Å². The maximum Gasteiger partial charge on any atom is 0.262 e. The van der Waals surface area contributed by atoms with Crippen LogP contribution >= 0.6 is 23.2 Å². The molecule has 1 amide bonds. The summed E-state index contributed by atoms with van der Waals surface area (Å²) >= 11 is 11.8. The summed E-state index contributed by atoms with van der Waals surface area (Å²) in [6, 6.07) is 4.12. The Morgan fingerprint density at radius 1 is 1.40 bits per heavy atom. The summed E-state index contributed by atoms with van der Waals surface area (Å²) in [7, 11) is 1.56. The Bertz CT molecular complexity index is 505. The van der Waals surface area contributed by atoms with Crippen LogP contribution < -0.4 is 5.32 Å². The van der Waals surface area contributed by atoms with E-state index in [1.165, 1.54) is 4.90 Å². The predicted molar refractivity (Wildman–Crippen MR) is 74.3 cm³/mol. The molecule has 0 saturated carbocycles. The number of alkyl halides is 2. The van der Waals surface area contributed by atoms with Crippen molar-refractivity contribution in [2.75, 3.05) is 13.6 Å². The molecule has 20 heavy (non-hydrogen) atoms. The minimum Gasteiger partial charge on any atom is -0.340 e. The van der Waals surface area contributed by atoms with Crippen LogP contribution in [0.4, 0.5) is 8.78 Å². The lowest BCUT2D eigenvalue weighted by molar-refractivity contribution is -0.132. The van der Waals surface area contributed by atoms with E-state index in [1.807, 2.05) is 0 Å². The molecule has 1 aliphatic rings. The topological polar surface area (TPSA) is 32.3 Å². The van der Waals surface area contributed by atoms with Gasteiger partial charge in [0.25, 0.3) is 5.92 Å². The number of benzene rings is 1. The quantitative estimate of drug-likeness (QED) is 0.928. The molecule has 1 atom stereocenters. The van der Waals surface area contributed by atoms with Gasteiger partial charge in [0.15, 0.2) is 0 Å². The van der Waals surface area contributed by atoms with Crippen molar-refractivity contribution in [1.29, 1.82) is 0 Å². The van der Waals surface area contributed by atoms with Crippen molar-refractivity contribution in [3.63, 3.8) is 0 Å². The van der Waals surface area contributed by atoms with E-state index in [9.17, 15) is 13.6 Å². The lowest BCUT2D eigenvalue weighted by Gasteiger charge is -2.21. The molecule has 1 fully saturated rings. The van der Waals surface area contributed by atoms with Crippen LogP contribution in [-0.4, -0.2) is 36.4 Å². The molecule has 1 aliphatic heterocycles. The minimum atomic E-state index is -2.82. The second-order valence-corrected chi connectivity index (χ2v) is 5.84. The van der Waals surface area contributed by atoms with Gasteiger partial charge in [-0.25, -0.2) is 8.78 Å². The highest BCUT2D eigenvalue weighted by Crippen LogP contribution is 2.26. The van der Waals surface area contributed by atoms with E-state index >= 15 is 0 Å². The van der Waals surface area contributed by atoms with Gasteiger partial charge >= 0.3 is 0 Å². The van der Waals surface area contributed by atoms with E-state index in [1.54, 1.807) is 25.2 Å². The Morgan fingerprint density at radius 2 is 2.00 bits per heavy atom. The number of hydrogen-bond donors (Lipinski definition) is 1. The van der Waals surface area contributed by atoms with Crippen molar-refractivity contribution < 1.29 is 13.6 Å². The van der Waals surface area contributed by atoms with Crippen molar-refractivity contribution in [3.8, 4) is 0 Å². The van der Waals surface area contributed by atoms with E-state index in [0.717, 1.165) is 5.56 Å². The Kier molecular flexibility index (Phi) is 4.52. The number of hydrogen-bond acceptors (Lipinski definition) is 2. The predicted octanol–water partition coefficient (Wildman–Crippen LogP) is 2.95. The van der Waals surface area contributed by atoms with Crippen LogP contribution in [0.3, 0.4) is 0 Å². The van der Waals surface area contributed by atoms with Crippen LogP contribution in [0.15, 0.2) is 18.2 Å². The highest BCUT2D eigenvalue weighted by atomic mass is 35.5. The van der Waals surface area contributed by atoms with E-state index in [-0.39, 0.29) is 12.5 Å².